The molecule has 0 fully saturated rings. The molecule has 0 unspecified atom stereocenters. The number of rotatable bonds is 4. The summed E-state index contributed by atoms with van der Waals surface area (Å²) in [6.07, 6.45) is 1.14. The van der Waals surface area contributed by atoms with Crippen LogP contribution in [0.25, 0.3) is 0 Å². The molecule has 22 heavy (non-hydrogen) atoms. The number of hydrogen-bond acceptors (Lipinski definition) is 5. The third kappa shape index (κ3) is 3.30. The summed E-state index contributed by atoms with van der Waals surface area (Å²) in [5.41, 5.74) is 1.34. The van der Waals surface area contributed by atoms with Gasteiger partial charge in [-0.25, -0.2) is 9.78 Å². The largest absolute Gasteiger partial charge is 0.462 e. The van der Waals surface area contributed by atoms with Gasteiger partial charge in [0.15, 0.2) is 0 Å². The Morgan fingerprint density at radius 2 is 2.09 bits per heavy atom. The van der Waals surface area contributed by atoms with E-state index in [1.54, 1.807) is 13.8 Å². The molecule has 2 heterocycles. The average molecular weight is 322 g/mol. The van der Waals surface area contributed by atoms with Gasteiger partial charge in [0.25, 0.3) is 5.91 Å². The molecule has 0 aromatic carbocycles. The lowest BCUT2D eigenvalue weighted by Gasteiger charge is -2.07. The van der Waals surface area contributed by atoms with Crippen LogP contribution in [0.3, 0.4) is 0 Å². The van der Waals surface area contributed by atoms with Crippen molar-refractivity contribution in [3.05, 3.63) is 45.8 Å². The van der Waals surface area contributed by atoms with Crippen LogP contribution >= 0.6 is 11.3 Å². The Kier molecular flexibility index (Phi) is 4.87. The summed E-state index contributed by atoms with van der Waals surface area (Å²) in [7, 11) is 0. The molecule has 0 atom stereocenters. The summed E-state index contributed by atoms with van der Waals surface area (Å²) in [5.74, 6) is -1.59. The van der Waals surface area contributed by atoms with E-state index in [0.717, 1.165) is 22.7 Å². The first-order valence-corrected chi connectivity index (χ1v) is 7.45. The molecule has 1 amide bonds. The van der Waals surface area contributed by atoms with E-state index in [0.29, 0.717) is 10.6 Å². The van der Waals surface area contributed by atoms with Gasteiger partial charge in [-0.05, 0) is 38.5 Å². The Morgan fingerprint density at radius 3 is 2.68 bits per heavy atom. The smallest absolute Gasteiger partial charge is 0.341 e. The lowest BCUT2D eigenvalue weighted by Crippen LogP contribution is -2.15. The van der Waals surface area contributed by atoms with Gasteiger partial charge in [0.2, 0.25) is 5.95 Å². The normalized spacial score (nSPS) is 10.4. The van der Waals surface area contributed by atoms with Gasteiger partial charge < -0.3 is 10.1 Å². The summed E-state index contributed by atoms with van der Waals surface area (Å²) >= 11 is 1.29. The number of halogens is 1. The first-order chi connectivity index (χ1) is 10.4. The molecule has 0 bridgehead atoms. The van der Waals surface area contributed by atoms with Crippen LogP contribution < -0.4 is 5.32 Å². The van der Waals surface area contributed by atoms with Gasteiger partial charge in [0, 0.05) is 11.1 Å². The Labute approximate surface area is 131 Å². The summed E-state index contributed by atoms with van der Waals surface area (Å²) in [6, 6.07) is 2.43. The molecule has 5 nitrogen and oxygen atoms in total. The second-order valence-electron chi connectivity index (χ2n) is 4.53. The van der Waals surface area contributed by atoms with E-state index in [-0.39, 0.29) is 12.2 Å². The van der Waals surface area contributed by atoms with E-state index in [1.807, 2.05) is 6.92 Å². The van der Waals surface area contributed by atoms with Crippen molar-refractivity contribution in [1.29, 1.82) is 0 Å². The molecular formula is C15H15FN2O3S. The van der Waals surface area contributed by atoms with Crippen LogP contribution in [0.2, 0.25) is 0 Å². The van der Waals surface area contributed by atoms with E-state index in [9.17, 15) is 14.0 Å². The van der Waals surface area contributed by atoms with Gasteiger partial charge in [-0.15, -0.1) is 11.3 Å². The molecule has 1 N–H and O–H groups in total. The van der Waals surface area contributed by atoms with Crippen molar-refractivity contribution in [2.75, 3.05) is 11.9 Å². The number of esters is 1. The number of hydrogen-bond donors (Lipinski definition) is 1. The van der Waals surface area contributed by atoms with Crippen molar-refractivity contribution in [3.8, 4) is 0 Å². The van der Waals surface area contributed by atoms with Gasteiger partial charge in [0.05, 0.1) is 17.7 Å². The Bertz CT molecular complexity index is 710. The Morgan fingerprint density at radius 1 is 1.36 bits per heavy atom. The van der Waals surface area contributed by atoms with Crippen molar-refractivity contribution < 1.29 is 18.7 Å². The number of amides is 1. The van der Waals surface area contributed by atoms with Gasteiger partial charge in [-0.1, -0.05) is 0 Å². The van der Waals surface area contributed by atoms with Gasteiger partial charge >= 0.3 is 5.97 Å². The summed E-state index contributed by atoms with van der Waals surface area (Å²) in [6.45, 7) is 5.63. The maximum absolute atomic E-state index is 12.8. The molecule has 0 aliphatic carbocycles. The van der Waals surface area contributed by atoms with Gasteiger partial charge in [-0.3, -0.25) is 4.79 Å². The average Bonchev–Trinajstić information content (AvgIpc) is 2.74. The van der Waals surface area contributed by atoms with E-state index >= 15 is 0 Å². The highest BCUT2D eigenvalue weighted by molar-refractivity contribution is 7.16. The molecule has 116 valence electrons. The number of ether oxygens (including phenoxy) is 1. The molecule has 7 heteroatoms. The standard InChI is InChI=1S/C15H15FN2O3S/c1-4-21-15(20)12-8(2)9(3)22-14(12)18-13(19)10-5-6-11(16)17-7-10/h5-7H,4H2,1-3H3,(H,18,19). The molecule has 0 aliphatic rings. The third-order valence-electron chi connectivity index (χ3n) is 3.08. The zero-order valence-electron chi connectivity index (χ0n) is 12.4. The fourth-order valence-corrected chi connectivity index (χ4v) is 2.89. The molecule has 2 rings (SSSR count). The minimum absolute atomic E-state index is 0.208. The Hall–Kier alpha value is -2.28. The fraction of sp³-hybridized carbons (Fsp3) is 0.267. The molecule has 0 saturated heterocycles. The highest BCUT2D eigenvalue weighted by atomic mass is 32.1. The summed E-state index contributed by atoms with van der Waals surface area (Å²) < 4.78 is 17.8. The summed E-state index contributed by atoms with van der Waals surface area (Å²) in [4.78, 5) is 28.5. The van der Waals surface area contributed by atoms with Crippen LogP contribution in [-0.4, -0.2) is 23.5 Å². The zero-order valence-corrected chi connectivity index (χ0v) is 13.2. The highest BCUT2D eigenvalue weighted by Crippen LogP contribution is 2.33. The number of nitrogens with zero attached hydrogens (tertiary/aromatic N) is 1. The maximum atomic E-state index is 12.8. The molecule has 0 aliphatic heterocycles. The Balaban J connectivity index is 2.29. The number of aromatic nitrogens is 1. The quantitative estimate of drug-likeness (QED) is 0.692. The number of anilines is 1. The minimum atomic E-state index is -0.661. The van der Waals surface area contributed by atoms with Crippen LogP contribution in [0.15, 0.2) is 18.3 Å². The van der Waals surface area contributed by atoms with Crippen LogP contribution in [0, 0.1) is 19.8 Å². The monoisotopic (exact) mass is 322 g/mol. The maximum Gasteiger partial charge on any atom is 0.341 e. The van der Waals surface area contributed by atoms with E-state index < -0.39 is 17.8 Å². The van der Waals surface area contributed by atoms with E-state index in [4.69, 9.17) is 4.74 Å². The fourth-order valence-electron chi connectivity index (χ4n) is 1.85. The molecular weight excluding hydrogens is 307 g/mol. The first-order valence-electron chi connectivity index (χ1n) is 6.64. The molecule has 0 spiro atoms. The first kappa shape index (κ1) is 16.1. The number of carbonyl (C=O) groups is 2. The van der Waals surface area contributed by atoms with Crippen LogP contribution in [0.4, 0.5) is 9.39 Å². The topological polar surface area (TPSA) is 68.3 Å². The zero-order chi connectivity index (χ0) is 16.3. The summed E-state index contributed by atoms with van der Waals surface area (Å²) in [5, 5.41) is 3.08. The number of carbonyl (C=O) groups excluding carboxylic acids is 2. The molecule has 2 aromatic rings. The second-order valence-corrected chi connectivity index (χ2v) is 5.76. The van der Waals surface area contributed by atoms with Gasteiger partial charge in [0.1, 0.15) is 5.00 Å². The van der Waals surface area contributed by atoms with Crippen molar-refractivity contribution in [3.63, 3.8) is 0 Å². The second kappa shape index (κ2) is 6.65. The number of aryl methyl sites for hydroxylation is 1. The van der Waals surface area contributed by atoms with Crippen molar-refractivity contribution in [2.24, 2.45) is 0 Å². The van der Waals surface area contributed by atoms with Crippen molar-refractivity contribution in [1.82, 2.24) is 4.98 Å². The lowest BCUT2D eigenvalue weighted by molar-refractivity contribution is 0.0527. The van der Waals surface area contributed by atoms with Crippen molar-refractivity contribution in [2.45, 2.75) is 20.8 Å². The van der Waals surface area contributed by atoms with E-state index in [1.165, 1.54) is 17.4 Å². The van der Waals surface area contributed by atoms with E-state index in [2.05, 4.69) is 10.3 Å². The third-order valence-corrected chi connectivity index (χ3v) is 4.20. The predicted molar refractivity (Wildman–Crippen MR) is 81.9 cm³/mol. The minimum Gasteiger partial charge on any atom is -0.462 e. The van der Waals surface area contributed by atoms with Crippen LogP contribution in [0.5, 0.6) is 0 Å². The lowest BCUT2D eigenvalue weighted by atomic mass is 10.1. The molecule has 0 radical (unpaired) electrons. The van der Waals surface area contributed by atoms with Crippen molar-refractivity contribution >= 4 is 28.2 Å². The number of thiophene rings is 1. The van der Waals surface area contributed by atoms with Crippen LogP contribution in [-0.2, 0) is 4.74 Å². The predicted octanol–water partition coefficient (Wildman–Crippen LogP) is 3.33. The highest BCUT2D eigenvalue weighted by Gasteiger charge is 2.22. The number of pyridine rings is 1. The SMILES string of the molecule is CCOC(=O)c1c(NC(=O)c2ccc(F)nc2)sc(C)c1C. The number of nitrogens with one attached hydrogen (secondary N) is 1. The van der Waals surface area contributed by atoms with Gasteiger partial charge in [-0.2, -0.15) is 4.39 Å². The molecule has 0 saturated carbocycles. The van der Waals surface area contributed by atoms with Crippen LogP contribution in [0.1, 0.15) is 38.1 Å². The molecule has 2 aromatic heterocycles.